The van der Waals surface area contributed by atoms with Crippen LogP contribution in [0.25, 0.3) is 0 Å². The molecular formula is C12H16N2O2. The summed E-state index contributed by atoms with van der Waals surface area (Å²) in [4.78, 5) is 13.8. The quantitative estimate of drug-likeness (QED) is 0.740. The molecule has 4 heteroatoms. The summed E-state index contributed by atoms with van der Waals surface area (Å²) in [5.74, 6) is 0.0678. The van der Waals surface area contributed by atoms with E-state index in [9.17, 15) is 9.90 Å². The lowest BCUT2D eigenvalue weighted by Crippen LogP contribution is -2.45. The SMILES string of the molecule is N[C@@H]1CCCN(C(=O)c2cccc(O)c2)C1. The van der Waals surface area contributed by atoms with Gasteiger partial charge in [0.2, 0.25) is 0 Å². The van der Waals surface area contributed by atoms with E-state index >= 15 is 0 Å². The monoisotopic (exact) mass is 220 g/mol. The minimum Gasteiger partial charge on any atom is -0.508 e. The molecule has 0 aromatic heterocycles. The number of phenols is 1. The van der Waals surface area contributed by atoms with Gasteiger partial charge in [-0.3, -0.25) is 4.79 Å². The van der Waals surface area contributed by atoms with Gasteiger partial charge in [-0.05, 0) is 31.0 Å². The van der Waals surface area contributed by atoms with E-state index in [1.165, 1.54) is 6.07 Å². The molecule has 2 rings (SSSR count). The number of phenolic OH excluding ortho intramolecular Hbond substituents is 1. The maximum absolute atomic E-state index is 12.1. The average molecular weight is 220 g/mol. The highest BCUT2D eigenvalue weighted by molar-refractivity contribution is 5.94. The van der Waals surface area contributed by atoms with Gasteiger partial charge in [-0.15, -0.1) is 0 Å². The second-order valence-corrected chi connectivity index (χ2v) is 4.20. The molecular weight excluding hydrogens is 204 g/mol. The third-order valence-electron chi connectivity index (χ3n) is 2.84. The molecule has 3 N–H and O–H groups in total. The molecule has 0 spiro atoms. The maximum Gasteiger partial charge on any atom is 0.254 e. The van der Waals surface area contributed by atoms with Gasteiger partial charge >= 0.3 is 0 Å². The summed E-state index contributed by atoms with van der Waals surface area (Å²) in [7, 11) is 0. The summed E-state index contributed by atoms with van der Waals surface area (Å²) in [6.45, 7) is 1.36. The fourth-order valence-corrected chi connectivity index (χ4v) is 2.02. The van der Waals surface area contributed by atoms with Crippen molar-refractivity contribution in [1.82, 2.24) is 4.90 Å². The Morgan fingerprint density at radius 2 is 2.31 bits per heavy atom. The highest BCUT2D eigenvalue weighted by atomic mass is 16.3. The van der Waals surface area contributed by atoms with E-state index in [0.29, 0.717) is 12.1 Å². The van der Waals surface area contributed by atoms with Crippen LogP contribution >= 0.6 is 0 Å². The van der Waals surface area contributed by atoms with E-state index in [4.69, 9.17) is 5.73 Å². The predicted octanol–water partition coefficient (Wildman–Crippen LogP) is 0.955. The lowest BCUT2D eigenvalue weighted by Gasteiger charge is -2.30. The minimum atomic E-state index is -0.0500. The Labute approximate surface area is 94.7 Å². The Morgan fingerprint density at radius 1 is 1.50 bits per heavy atom. The Hall–Kier alpha value is -1.55. The molecule has 1 heterocycles. The van der Waals surface area contributed by atoms with E-state index in [1.54, 1.807) is 23.1 Å². The molecule has 0 aliphatic carbocycles. The van der Waals surface area contributed by atoms with Gasteiger partial charge in [0.05, 0.1) is 0 Å². The van der Waals surface area contributed by atoms with Gasteiger partial charge in [-0.25, -0.2) is 0 Å². The molecule has 1 aromatic rings. The van der Waals surface area contributed by atoms with Crippen LogP contribution < -0.4 is 5.73 Å². The van der Waals surface area contributed by atoms with Gasteiger partial charge in [-0.1, -0.05) is 6.07 Å². The number of carbonyl (C=O) groups is 1. The zero-order chi connectivity index (χ0) is 11.5. The van der Waals surface area contributed by atoms with Crippen LogP contribution in [-0.4, -0.2) is 35.0 Å². The summed E-state index contributed by atoms with van der Waals surface area (Å²) in [6, 6.07) is 6.51. The molecule has 86 valence electrons. The van der Waals surface area contributed by atoms with Crippen molar-refractivity contribution in [3.05, 3.63) is 29.8 Å². The molecule has 1 aliphatic heterocycles. The second-order valence-electron chi connectivity index (χ2n) is 4.20. The molecule has 1 amide bonds. The Bertz CT molecular complexity index is 392. The van der Waals surface area contributed by atoms with E-state index in [-0.39, 0.29) is 17.7 Å². The first-order chi connectivity index (χ1) is 7.66. The number of carbonyl (C=O) groups excluding carboxylic acids is 1. The summed E-state index contributed by atoms with van der Waals surface area (Å²) in [6.07, 6.45) is 1.93. The van der Waals surface area contributed by atoms with Crippen molar-refractivity contribution in [2.24, 2.45) is 5.73 Å². The number of hydrogen-bond acceptors (Lipinski definition) is 3. The minimum absolute atomic E-state index is 0.0500. The van der Waals surface area contributed by atoms with Crippen molar-refractivity contribution in [1.29, 1.82) is 0 Å². The number of nitrogens with zero attached hydrogens (tertiary/aromatic N) is 1. The smallest absolute Gasteiger partial charge is 0.254 e. The van der Waals surface area contributed by atoms with Gasteiger partial charge in [0.15, 0.2) is 0 Å². The number of hydrogen-bond donors (Lipinski definition) is 2. The molecule has 0 unspecified atom stereocenters. The van der Waals surface area contributed by atoms with Crippen molar-refractivity contribution >= 4 is 5.91 Å². The maximum atomic E-state index is 12.1. The highest BCUT2D eigenvalue weighted by Crippen LogP contribution is 2.16. The van der Waals surface area contributed by atoms with Gasteiger partial charge in [0.1, 0.15) is 5.75 Å². The summed E-state index contributed by atoms with van der Waals surface area (Å²) in [5.41, 5.74) is 6.35. The van der Waals surface area contributed by atoms with Crippen LogP contribution in [0.4, 0.5) is 0 Å². The molecule has 1 aliphatic rings. The van der Waals surface area contributed by atoms with Crippen LogP contribution in [0.15, 0.2) is 24.3 Å². The fraction of sp³-hybridized carbons (Fsp3) is 0.417. The standard InChI is InChI=1S/C12H16N2O2/c13-10-4-2-6-14(8-10)12(16)9-3-1-5-11(15)7-9/h1,3,5,7,10,15H,2,4,6,8,13H2/t10-/m1/s1. The normalized spacial score (nSPS) is 20.8. The molecule has 16 heavy (non-hydrogen) atoms. The molecule has 1 aromatic carbocycles. The molecule has 0 saturated carbocycles. The van der Waals surface area contributed by atoms with Gasteiger partial charge < -0.3 is 15.7 Å². The predicted molar refractivity (Wildman–Crippen MR) is 61.2 cm³/mol. The third kappa shape index (κ3) is 2.33. The topological polar surface area (TPSA) is 66.6 Å². The van der Waals surface area contributed by atoms with Crippen LogP contribution in [0, 0.1) is 0 Å². The van der Waals surface area contributed by atoms with Crippen molar-refractivity contribution in [2.45, 2.75) is 18.9 Å². The first kappa shape index (κ1) is 11.0. The lowest BCUT2D eigenvalue weighted by atomic mass is 10.1. The van der Waals surface area contributed by atoms with Gasteiger partial charge in [0.25, 0.3) is 5.91 Å². The zero-order valence-electron chi connectivity index (χ0n) is 9.10. The van der Waals surface area contributed by atoms with E-state index in [2.05, 4.69) is 0 Å². The average Bonchev–Trinajstić information content (AvgIpc) is 2.28. The number of likely N-dealkylation sites (tertiary alicyclic amines) is 1. The van der Waals surface area contributed by atoms with E-state index in [1.807, 2.05) is 0 Å². The highest BCUT2D eigenvalue weighted by Gasteiger charge is 2.22. The molecule has 0 radical (unpaired) electrons. The molecule has 1 fully saturated rings. The first-order valence-corrected chi connectivity index (χ1v) is 5.50. The molecule has 1 saturated heterocycles. The van der Waals surface area contributed by atoms with Gasteiger partial charge in [-0.2, -0.15) is 0 Å². The van der Waals surface area contributed by atoms with Crippen LogP contribution in [0.3, 0.4) is 0 Å². The third-order valence-corrected chi connectivity index (χ3v) is 2.84. The first-order valence-electron chi connectivity index (χ1n) is 5.50. The second kappa shape index (κ2) is 4.53. The Kier molecular flexibility index (Phi) is 3.10. The number of nitrogens with two attached hydrogens (primary N) is 1. The van der Waals surface area contributed by atoms with Crippen molar-refractivity contribution in [2.75, 3.05) is 13.1 Å². The van der Waals surface area contributed by atoms with Crippen molar-refractivity contribution in [3.63, 3.8) is 0 Å². The number of amides is 1. The molecule has 1 atom stereocenters. The van der Waals surface area contributed by atoms with E-state index in [0.717, 1.165) is 19.4 Å². The largest absolute Gasteiger partial charge is 0.508 e. The van der Waals surface area contributed by atoms with Crippen LogP contribution in [0.2, 0.25) is 0 Å². The number of piperidine rings is 1. The molecule has 4 nitrogen and oxygen atoms in total. The Morgan fingerprint density at radius 3 is 3.00 bits per heavy atom. The number of benzene rings is 1. The van der Waals surface area contributed by atoms with Crippen LogP contribution in [0.1, 0.15) is 23.2 Å². The van der Waals surface area contributed by atoms with Crippen LogP contribution in [0.5, 0.6) is 5.75 Å². The van der Waals surface area contributed by atoms with E-state index < -0.39 is 0 Å². The van der Waals surface area contributed by atoms with Crippen molar-refractivity contribution < 1.29 is 9.90 Å². The summed E-state index contributed by atoms with van der Waals surface area (Å²) < 4.78 is 0. The number of aromatic hydroxyl groups is 1. The van der Waals surface area contributed by atoms with Crippen LogP contribution in [-0.2, 0) is 0 Å². The summed E-state index contributed by atoms with van der Waals surface area (Å²) in [5, 5.41) is 9.32. The van der Waals surface area contributed by atoms with Gasteiger partial charge in [0, 0.05) is 24.7 Å². The number of rotatable bonds is 1. The summed E-state index contributed by atoms with van der Waals surface area (Å²) >= 11 is 0. The lowest BCUT2D eigenvalue weighted by molar-refractivity contribution is 0.0708. The molecule has 0 bridgehead atoms. The fourth-order valence-electron chi connectivity index (χ4n) is 2.02. The zero-order valence-corrected chi connectivity index (χ0v) is 9.10. The van der Waals surface area contributed by atoms with Crippen molar-refractivity contribution in [3.8, 4) is 5.75 Å². The Balaban J connectivity index is 2.12.